The zero-order valence-corrected chi connectivity index (χ0v) is 66.2. The van der Waals surface area contributed by atoms with Gasteiger partial charge < -0.3 is 33.8 Å². The van der Waals surface area contributed by atoms with Crippen LogP contribution in [0.4, 0.5) is 0 Å². The Morgan fingerprint density at radius 1 is 0.255 bits per heavy atom. The number of hydrogen-bond donors (Lipinski definition) is 3. The number of ether oxygens (including phenoxy) is 4. The average Bonchev–Trinajstić information content (AvgIpc) is 0.977. The van der Waals surface area contributed by atoms with Gasteiger partial charge in [0, 0.05) is 25.7 Å². The van der Waals surface area contributed by atoms with E-state index in [1.165, 1.54) is 205 Å². The number of unbranched alkanes of at least 4 members (excludes halogenated alkanes) is 42. The second kappa shape index (κ2) is 68.2. The summed E-state index contributed by atoms with van der Waals surface area (Å²) in [6, 6.07) is 0. The Morgan fingerprint density at radius 3 is 0.633 bits per heavy atom. The molecule has 0 aromatic rings. The minimum absolute atomic E-state index is 0.104. The van der Waals surface area contributed by atoms with E-state index in [2.05, 4.69) is 55.4 Å². The molecule has 0 rings (SSSR count). The number of hydrogen-bond acceptors (Lipinski definition) is 15. The van der Waals surface area contributed by atoms with E-state index >= 15 is 0 Å². The zero-order valence-electron chi connectivity index (χ0n) is 64.4. The van der Waals surface area contributed by atoms with Gasteiger partial charge in [-0.2, -0.15) is 0 Å². The van der Waals surface area contributed by atoms with Crippen LogP contribution < -0.4 is 0 Å². The van der Waals surface area contributed by atoms with E-state index in [0.717, 1.165) is 114 Å². The molecule has 0 saturated carbocycles. The van der Waals surface area contributed by atoms with Gasteiger partial charge in [0.05, 0.1) is 26.4 Å². The topological polar surface area (TPSA) is 237 Å². The molecular weight excluding hydrogens is 1280 g/mol. The fraction of sp³-hybridized carbons (Fsp3) is 0.949. The molecule has 0 aliphatic rings. The van der Waals surface area contributed by atoms with Crippen LogP contribution in [0.1, 0.15) is 402 Å². The Balaban J connectivity index is 5.20. The van der Waals surface area contributed by atoms with Crippen LogP contribution in [0.3, 0.4) is 0 Å². The zero-order chi connectivity index (χ0) is 72.4. The van der Waals surface area contributed by atoms with Crippen molar-refractivity contribution < 1.29 is 80.2 Å². The number of carbonyl (C=O) groups is 4. The molecule has 0 spiro atoms. The second-order valence-corrected chi connectivity index (χ2v) is 33.3. The Hall–Kier alpha value is -1.94. The molecule has 0 aliphatic carbocycles. The first-order chi connectivity index (χ1) is 47.1. The standard InChI is InChI=1S/C79H154O17P2/c1-69(2)55-47-39-31-23-18-15-13-11-9-10-12-14-16-20-26-35-43-51-59-76(81)89-65-74(95-78(83)61-53-45-37-27-21-17-19-24-32-40-48-56-70(3)4)67-93-97(85,86)91-63-73(80)64-92-98(87,88)94-68-75(66-90-77(82)60-52-44-36-30-29-34-42-50-58-72(7)8)96-79(84)62-54-46-38-28-22-25-33-41-49-57-71(5)6/h69-75,80H,9-68H2,1-8H3,(H,85,86)(H,87,88)/t73?,74-,75-/m1/s1. The molecular formula is C79H154O17P2. The Kier molecular flexibility index (Phi) is 66.8. The monoisotopic (exact) mass is 1440 g/mol. The summed E-state index contributed by atoms with van der Waals surface area (Å²) >= 11 is 0. The van der Waals surface area contributed by atoms with E-state index in [1.807, 2.05) is 0 Å². The summed E-state index contributed by atoms with van der Waals surface area (Å²) in [4.78, 5) is 72.9. The first-order valence-corrected chi connectivity index (χ1v) is 43.7. The summed E-state index contributed by atoms with van der Waals surface area (Å²) in [5, 5.41) is 10.6. The highest BCUT2D eigenvalue weighted by Crippen LogP contribution is 2.45. The summed E-state index contributed by atoms with van der Waals surface area (Å²) in [6.07, 6.45) is 54.3. The van der Waals surface area contributed by atoms with Crippen molar-refractivity contribution >= 4 is 39.5 Å². The van der Waals surface area contributed by atoms with Crippen LogP contribution in [0.2, 0.25) is 0 Å². The highest BCUT2D eigenvalue weighted by atomic mass is 31.2. The molecule has 0 bridgehead atoms. The van der Waals surface area contributed by atoms with Crippen molar-refractivity contribution in [1.29, 1.82) is 0 Å². The van der Waals surface area contributed by atoms with Crippen LogP contribution in [-0.4, -0.2) is 96.7 Å². The van der Waals surface area contributed by atoms with Gasteiger partial charge in [-0.05, 0) is 49.4 Å². The number of aliphatic hydroxyl groups is 1. The number of rotatable bonds is 76. The van der Waals surface area contributed by atoms with E-state index in [4.69, 9.17) is 37.0 Å². The van der Waals surface area contributed by atoms with Gasteiger partial charge in [-0.25, -0.2) is 9.13 Å². The van der Waals surface area contributed by atoms with Gasteiger partial charge in [-0.3, -0.25) is 37.3 Å². The fourth-order valence-corrected chi connectivity index (χ4v) is 13.7. The Labute approximate surface area is 600 Å². The molecule has 0 heterocycles. The first kappa shape index (κ1) is 96.1. The van der Waals surface area contributed by atoms with Gasteiger partial charge >= 0.3 is 39.5 Å². The molecule has 3 unspecified atom stereocenters. The van der Waals surface area contributed by atoms with E-state index in [1.54, 1.807) is 0 Å². The Bertz CT molecular complexity index is 1920. The van der Waals surface area contributed by atoms with Crippen molar-refractivity contribution in [3.8, 4) is 0 Å². The molecule has 3 N–H and O–H groups in total. The third kappa shape index (κ3) is 72.4. The molecule has 0 radical (unpaired) electrons. The van der Waals surface area contributed by atoms with E-state index < -0.39 is 97.5 Å². The van der Waals surface area contributed by atoms with Crippen molar-refractivity contribution in [3.63, 3.8) is 0 Å². The lowest BCUT2D eigenvalue weighted by molar-refractivity contribution is -0.161. The lowest BCUT2D eigenvalue weighted by Gasteiger charge is -2.21. The van der Waals surface area contributed by atoms with Crippen molar-refractivity contribution in [2.75, 3.05) is 39.6 Å². The highest BCUT2D eigenvalue weighted by molar-refractivity contribution is 7.47. The molecule has 98 heavy (non-hydrogen) atoms. The maximum absolute atomic E-state index is 13.1. The predicted molar refractivity (Wildman–Crippen MR) is 400 cm³/mol. The van der Waals surface area contributed by atoms with Crippen LogP contribution in [-0.2, 0) is 65.4 Å². The molecule has 0 aromatic carbocycles. The molecule has 0 saturated heterocycles. The van der Waals surface area contributed by atoms with Gasteiger partial charge in [0.25, 0.3) is 0 Å². The van der Waals surface area contributed by atoms with Crippen molar-refractivity contribution in [2.24, 2.45) is 23.7 Å². The van der Waals surface area contributed by atoms with Crippen LogP contribution in [0.5, 0.6) is 0 Å². The van der Waals surface area contributed by atoms with Crippen LogP contribution in [0.15, 0.2) is 0 Å². The lowest BCUT2D eigenvalue weighted by Crippen LogP contribution is -2.30. The predicted octanol–water partition coefficient (Wildman–Crippen LogP) is 23.2. The minimum atomic E-state index is -4.96. The van der Waals surface area contributed by atoms with Crippen molar-refractivity contribution in [1.82, 2.24) is 0 Å². The first-order valence-electron chi connectivity index (χ1n) is 40.7. The average molecular weight is 1440 g/mol. The summed E-state index contributed by atoms with van der Waals surface area (Å²) in [6.45, 7) is 14.2. The number of phosphoric ester groups is 2. The molecule has 0 aromatic heterocycles. The van der Waals surface area contributed by atoms with Crippen molar-refractivity contribution in [3.05, 3.63) is 0 Å². The summed E-state index contributed by atoms with van der Waals surface area (Å²) in [7, 11) is -9.92. The quantitative estimate of drug-likeness (QED) is 0.0222. The van der Waals surface area contributed by atoms with E-state index in [9.17, 15) is 43.2 Å². The number of phosphoric acid groups is 2. The maximum atomic E-state index is 13.1. The van der Waals surface area contributed by atoms with Crippen LogP contribution in [0, 0.1) is 23.7 Å². The summed E-state index contributed by atoms with van der Waals surface area (Å²) in [5.41, 5.74) is 0. The smallest absolute Gasteiger partial charge is 0.462 e. The minimum Gasteiger partial charge on any atom is -0.462 e. The van der Waals surface area contributed by atoms with E-state index in [-0.39, 0.29) is 25.7 Å². The lowest BCUT2D eigenvalue weighted by atomic mass is 10.0. The Morgan fingerprint density at radius 2 is 0.429 bits per heavy atom. The molecule has 0 amide bonds. The van der Waals surface area contributed by atoms with Crippen LogP contribution >= 0.6 is 15.6 Å². The fourth-order valence-electron chi connectivity index (χ4n) is 12.1. The third-order valence-corrected chi connectivity index (χ3v) is 20.2. The maximum Gasteiger partial charge on any atom is 0.472 e. The normalized spacial score (nSPS) is 14.1. The van der Waals surface area contributed by atoms with Gasteiger partial charge in [-0.1, -0.05) is 351 Å². The SMILES string of the molecule is CC(C)CCCCCCCCCCCCCCCCCCCCC(=O)OC[C@H](COP(=O)(O)OCC(O)COP(=O)(O)OC[C@@H](COC(=O)CCCCCCCCCCC(C)C)OC(=O)CCCCCCCCCCCC(C)C)OC(=O)CCCCCCCCCCCCCC(C)C. The number of carbonyl (C=O) groups excluding carboxylic acids is 4. The van der Waals surface area contributed by atoms with Crippen molar-refractivity contribution in [2.45, 2.75) is 420 Å². The van der Waals surface area contributed by atoms with Gasteiger partial charge in [-0.15, -0.1) is 0 Å². The number of esters is 4. The molecule has 0 aliphatic heterocycles. The van der Waals surface area contributed by atoms with Crippen LogP contribution in [0.25, 0.3) is 0 Å². The van der Waals surface area contributed by atoms with Gasteiger partial charge in [0.2, 0.25) is 0 Å². The number of aliphatic hydroxyl groups excluding tert-OH is 1. The molecule has 582 valence electrons. The van der Waals surface area contributed by atoms with Gasteiger partial charge in [0.1, 0.15) is 19.3 Å². The third-order valence-electron chi connectivity index (χ3n) is 18.3. The van der Waals surface area contributed by atoms with E-state index in [0.29, 0.717) is 25.7 Å². The molecule has 0 fully saturated rings. The second-order valence-electron chi connectivity index (χ2n) is 30.4. The highest BCUT2D eigenvalue weighted by Gasteiger charge is 2.30. The molecule has 19 heteroatoms. The molecule has 5 atom stereocenters. The van der Waals surface area contributed by atoms with Gasteiger partial charge in [0.15, 0.2) is 12.2 Å². The molecule has 17 nitrogen and oxygen atoms in total. The summed E-state index contributed by atoms with van der Waals surface area (Å²) in [5.74, 6) is 0.933. The largest absolute Gasteiger partial charge is 0.472 e. The summed E-state index contributed by atoms with van der Waals surface area (Å²) < 4.78 is 68.6.